The van der Waals surface area contributed by atoms with E-state index in [4.69, 9.17) is 22.7 Å². The zero-order chi connectivity index (χ0) is 14.2. The van der Waals surface area contributed by atoms with Crippen LogP contribution in [0.3, 0.4) is 0 Å². The average Bonchev–Trinajstić information content (AvgIpc) is 3.15. The van der Waals surface area contributed by atoms with Gasteiger partial charge < -0.3 is 10.5 Å². The van der Waals surface area contributed by atoms with Gasteiger partial charge in [0.25, 0.3) is 0 Å². The highest BCUT2D eigenvalue weighted by molar-refractivity contribution is 7.92. The summed E-state index contributed by atoms with van der Waals surface area (Å²) in [5.74, 6) is 0.497. The van der Waals surface area contributed by atoms with E-state index in [-0.39, 0.29) is 22.6 Å². The maximum Gasteiger partial charge on any atom is 0.154 e. The van der Waals surface area contributed by atoms with Crippen LogP contribution in [0.25, 0.3) is 0 Å². The van der Waals surface area contributed by atoms with Crippen LogP contribution in [0.1, 0.15) is 18.4 Å². The van der Waals surface area contributed by atoms with Crippen LogP contribution in [0.2, 0.25) is 0 Å². The van der Waals surface area contributed by atoms with Crippen molar-refractivity contribution in [3.8, 4) is 5.75 Å². The summed E-state index contributed by atoms with van der Waals surface area (Å²) < 4.78 is 29.2. The molecular weight excluding hydrogens is 282 g/mol. The molecule has 0 aromatic heterocycles. The van der Waals surface area contributed by atoms with Gasteiger partial charge in [-0.3, -0.25) is 0 Å². The Labute approximate surface area is 118 Å². The lowest BCUT2D eigenvalue weighted by molar-refractivity contribution is 0.414. The van der Waals surface area contributed by atoms with Crippen molar-refractivity contribution in [2.75, 3.05) is 12.9 Å². The zero-order valence-electron chi connectivity index (χ0n) is 10.9. The number of sulfone groups is 1. The van der Waals surface area contributed by atoms with E-state index in [1.807, 2.05) is 24.3 Å². The Bertz CT molecular complexity index is 580. The van der Waals surface area contributed by atoms with Gasteiger partial charge in [0.1, 0.15) is 5.75 Å². The molecule has 0 radical (unpaired) electrons. The summed E-state index contributed by atoms with van der Waals surface area (Å²) in [4.78, 5) is 0.280. The molecule has 1 fully saturated rings. The van der Waals surface area contributed by atoms with Crippen LogP contribution < -0.4 is 10.5 Å². The highest BCUT2D eigenvalue weighted by Crippen LogP contribution is 2.52. The normalized spacial score (nSPS) is 25.9. The van der Waals surface area contributed by atoms with Crippen LogP contribution in [-0.2, 0) is 9.84 Å². The Morgan fingerprint density at radius 3 is 2.37 bits per heavy atom. The molecule has 19 heavy (non-hydrogen) atoms. The topological polar surface area (TPSA) is 69.4 Å². The lowest BCUT2D eigenvalue weighted by Crippen LogP contribution is -2.18. The van der Waals surface area contributed by atoms with Gasteiger partial charge in [-0.2, -0.15) is 0 Å². The molecule has 104 valence electrons. The lowest BCUT2D eigenvalue weighted by Gasteiger charge is -2.03. The molecule has 1 aromatic rings. The standard InChI is InChI=1S/C13H17NO3S2/c1-3-19(15,16)12-10(11(12)13(14)18)8-4-6-9(17-2)7-5-8/h4-7,10-12H,3H2,1-2H3,(H2,14,18)/t10-,11+,12+/m0/s1. The number of nitrogens with two attached hydrogens (primary N) is 1. The number of benzene rings is 1. The first-order chi connectivity index (χ1) is 8.92. The molecular formula is C13H17NO3S2. The van der Waals surface area contributed by atoms with Crippen LogP contribution in [0.5, 0.6) is 5.75 Å². The minimum absolute atomic E-state index is 0.115. The van der Waals surface area contributed by atoms with Crippen molar-refractivity contribution in [3.63, 3.8) is 0 Å². The third kappa shape index (κ3) is 2.60. The SMILES string of the molecule is CCS(=O)(=O)[C@H]1[C@H](C(N)=S)[C@@H]1c1ccc(OC)cc1. The van der Waals surface area contributed by atoms with Gasteiger partial charge in [-0.25, -0.2) is 8.42 Å². The van der Waals surface area contributed by atoms with Gasteiger partial charge in [0.2, 0.25) is 0 Å². The second-order valence-corrected chi connectivity index (χ2v) is 7.56. The van der Waals surface area contributed by atoms with Crippen LogP contribution in [0.4, 0.5) is 0 Å². The van der Waals surface area contributed by atoms with Gasteiger partial charge in [0.15, 0.2) is 9.84 Å². The second-order valence-electron chi connectivity index (χ2n) is 4.64. The quantitative estimate of drug-likeness (QED) is 0.834. The van der Waals surface area contributed by atoms with Gasteiger partial charge >= 0.3 is 0 Å². The first-order valence-corrected chi connectivity index (χ1v) is 8.19. The Kier molecular flexibility index (Phi) is 3.82. The largest absolute Gasteiger partial charge is 0.497 e. The van der Waals surface area contributed by atoms with Gasteiger partial charge in [-0.1, -0.05) is 31.3 Å². The van der Waals surface area contributed by atoms with Crippen molar-refractivity contribution >= 4 is 27.0 Å². The molecule has 4 nitrogen and oxygen atoms in total. The molecule has 0 aliphatic heterocycles. The van der Waals surface area contributed by atoms with Crippen LogP contribution in [0, 0.1) is 5.92 Å². The number of methoxy groups -OCH3 is 1. The number of hydrogen-bond acceptors (Lipinski definition) is 4. The molecule has 1 aliphatic carbocycles. The summed E-state index contributed by atoms with van der Waals surface area (Å²) >= 11 is 4.99. The maximum absolute atomic E-state index is 12.0. The monoisotopic (exact) mass is 299 g/mol. The van der Waals surface area contributed by atoms with E-state index in [9.17, 15) is 8.42 Å². The first-order valence-electron chi connectivity index (χ1n) is 6.07. The summed E-state index contributed by atoms with van der Waals surface area (Å²) in [6.07, 6.45) is 0. The molecule has 0 amide bonds. The van der Waals surface area contributed by atoms with Crippen LogP contribution in [0.15, 0.2) is 24.3 Å². The molecule has 1 aliphatic rings. The summed E-state index contributed by atoms with van der Waals surface area (Å²) in [6.45, 7) is 1.65. The van der Waals surface area contributed by atoms with Gasteiger partial charge in [0.05, 0.1) is 17.3 Å². The zero-order valence-corrected chi connectivity index (χ0v) is 12.5. The van der Waals surface area contributed by atoms with Gasteiger partial charge in [0, 0.05) is 17.6 Å². The minimum Gasteiger partial charge on any atom is -0.497 e. The van der Waals surface area contributed by atoms with Crippen molar-refractivity contribution in [3.05, 3.63) is 29.8 Å². The summed E-state index contributed by atoms with van der Waals surface area (Å²) in [7, 11) is -1.54. The van der Waals surface area contributed by atoms with Crippen molar-refractivity contribution in [1.82, 2.24) is 0 Å². The first kappa shape index (κ1) is 14.3. The van der Waals surface area contributed by atoms with Gasteiger partial charge in [-0.05, 0) is 17.7 Å². The molecule has 1 saturated carbocycles. The number of rotatable bonds is 5. The fraction of sp³-hybridized carbons (Fsp3) is 0.462. The Balaban J connectivity index is 2.30. The number of hydrogen-bond donors (Lipinski definition) is 1. The molecule has 0 saturated heterocycles. The molecule has 2 N–H and O–H groups in total. The number of ether oxygens (including phenoxy) is 1. The maximum atomic E-state index is 12.0. The van der Waals surface area contributed by atoms with Crippen molar-refractivity contribution in [2.24, 2.45) is 11.7 Å². The molecule has 1 aromatic carbocycles. The minimum atomic E-state index is -3.13. The average molecular weight is 299 g/mol. The van der Waals surface area contributed by atoms with Gasteiger partial charge in [-0.15, -0.1) is 0 Å². The number of thiocarbonyl (C=S) groups is 1. The van der Waals surface area contributed by atoms with Crippen molar-refractivity contribution < 1.29 is 13.2 Å². The lowest BCUT2D eigenvalue weighted by atomic mass is 10.1. The predicted octanol–water partition coefficient (Wildman–Crippen LogP) is 1.50. The third-order valence-corrected chi connectivity index (χ3v) is 6.09. The molecule has 0 unspecified atom stereocenters. The van der Waals surface area contributed by atoms with E-state index in [0.29, 0.717) is 0 Å². The molecule has 0 bridgehead atoms. The van der Waals surface area contributed by atoms with E-state index in [1.54, 1.807) is 14.0 Å². The highest BCUT2D eigenvalue weighted by atomic mass is 32.2. The summed E-state index contributed by atoms with van der Waals surface area (Å²) in [6, 6.07) is 7.39. The van der Waals surface area contributed by atoms with E-state index < -0.39 is 15.1 Å². The van der Waals surface area contributed by atoms with E-state index >= 15 is 0 Å². The predicted molar refractivity (Wildman–Crippen MR) is 79.3 cm³/mol. The van der Waals surface area contributed by atoms with Crippen molar-refractivity contribution in [2.45, 2.75) is 18.1 Å². The Morgan fingerprint density at radius 2 is 1.95 bits per heavy atom. The van der Waals surface area contributed by atoms with Crippen LogP contribution in [-0.4, -0.2) is 31.5 Å². The summed E-state index contributed by atoms with van der Waals surface area (Å²) in [5, 5.41) is -0.469. The fourth-order valence-electron chi connectivity index (χ4n) is 2.48. The molecule has 0 spiro atoms. The molecule has 6 heteroatoms. The van der Waals surface area contributed by atoms with E-state index in [1.165, 1.54) is 0 Å². The highest BCUT2D eigenvalue weighted by Gasteiger charge is 2.59. The van der Waals surface area contributed by atoms with E-state index in [2.05, 4.69) is 0 Å². The third-order valence-electron chi connectivity index (χ3n) is 3.60. The van der Waals surface area contributed by atoms with Crippen molar-refractivity contribution in [1.29, 1.82) is 0 Å². The Hall–Kier alpha value is -1.14. The van der Waals surface area contributed by atoms with E-state index in [0.717, 1.165) is 11.3 Å². The molecule has 3 atom stereocenters. The molecule has 2 rings (SSSR count). The molecule has 0 heterocycles. The fourth-order valence-corrected chi connectivity index (χ4v) is 4.69. The summed E-state index contributed by atoms with van der Waals surface area (Å²) in [5.41, 5.74) is 6.61. The second kappa shape index (κ2) is 5.09. The Morgan fingerprint density at radius 1 is 1.37 bits per heavy atom. The smallest absolute Gasteiger partial charge is 0.154 e. The van der Waals surface area contributed by atoms with Crippen LogP contribution >= 0.6 is 12.2 Å².